The largest absolute Gasteiger partial charge is 0.490 e. The fraction of sp³-hybridized carbons (Fsp3) is 0.115. The number of anilines is 1. The summed E-state index contributed by atoms with van der Waals surface area (Å²) in [6, 6.07) is 23.0. The van der Waals surface area contributed by atoms with E-state index in [-0.39, 0.29) is 12.3 Å². The summed E-state index contributed by atoms with van der Waals surface area (Å²) >= 11 is 0. The van der Waals surface area contributed by atoms with Crippen molar-refractivity contribution in [2.75, 3.05) is 5.32 Å². The predicted octanol–water partition coefficient (Wildman–Crippen LogP) is 4.39. The first kappa shape index (κ1) is 34.6. The van der Waals surface area contributed by atoms with Crippen LogP contribution < -0.4 is 17.0 Å². The van der Waals surface area contributed by atoms with Gasteiger partial charge in [-0.3, -0.25) is 4.79 Å². The Morgan fingerprint density at radius 1 is 0.738 bits per heavy atom. The Balaban J connectivity index is 0.000000522. The third-order valence-corrected chi connectivity index (χ3v) is 4.67. The summed E-state index contributed by atoms with van der Waals surface area (Å²) in [5, 5.41) is 24.2. The van der Waals surface area contributed by atoms with Crippen LogP contribution >= 0.6 is 0 Å². The van der Waals surface area contributed by atoms with Gasteiger partial charge in [0.25, 0.3) is 0 Å². The maximum Gasteiger partial charge on any atom is 0.490 e. The molecule has 0 aliphatic carbocycles. The maximum absolute atomic E-state index is 12.6. The number of aliphatic carboxylic acids is 2. The highest BCUT2D eigenvalue weighted by molar-refractivity contribution is 5.94. The fourth-order valence-electron chi connectivity index (χ4n) is 2.99. The average molecular weight is 599 g/mol. The molecule has 0 unspecified atom stereocenters. The topological polar surface area (TPSA) is 180 Å². The van der Waals surface area contributed by atoms with E-state index in [2.05, 4.69) is 15.5 Å². The molecular weight excluding hydrogens is 576 g/mol. The van der Waals surface area contributed by atoms with Crippen molar-refractivity contribution in [3.05, 3.63) is 89.5 Å². The molecule has 3 aromatic carbocycles. The van der Waals surface area contributed by atoms with Crippen molar-refractivity contribution in [2.45, 2.75) is 18.8 Å². The second-order valence-electron chi connectivity index (χ2n) is 7.80. The molecule has 0 spiro atoms. The molecule has 3 rings (SSSR count). The lowest BCUT2D eigenvalue weighted by Gasteiger charge is -2.11. The normalized spacial score (nSPS) is 11.2. The number of halogens is 6. The van der Waals surface area contributed by atoms with Crippen molar-refractivity contribution in [3.63, 3.8) is 0 Å². The first-order valence-electron chi connectivity index (χ1n) is 11.2. The van der Waals surface area contributed by atoms with Crippen molar-refractivity contribution < 1.29 is 50.9 Å². The Morgan fingerprint density at radius 2 is 1.21 bits per heavy atom. The quantitative estimate of drug-likeness (QED) is 0.121. The summed E-state index contributed by atoms with van der Waals surface area (Å²) in [6.07, 6.45) is -6.79. The van der Waals surface area contributed by atoms with Crippen LogP contribution in [-0.2, 0) is 20.8 Å². The number of hydrazone groups is 2. The number of alkyl halides is 6. The number of carboxylic acids is 2. The van der Waals surface area contributed by atoms with Crippen LogP contribution in [-0.4, -0.2) is 52.8 Å². The number of rotatable bonds is 6. The zero-order chi connectivity index (χ0) is 31.9. The molecule has 16 heteroatoms. The summed E-state index contributed by atoms with van der Waals surface area (Å²) in [5.41, 5.74) is 5.34. The van der Waals surface area contributed by atoms with Crippen molar-refractivity contribution >= 4 is 36.0 Å². The molecule has 0 fully saturated rings. The minimum Gasteiger partial charge on any atom is -0.475 e. The van der Waals surface area contributed by atoms with Crippen LogP contribution in [0.5, 0.6) is 0 Å². The second-order valence-corrected chi connectivity index (χ2v) is 7.80. The number of nitrogens with zero attached hydrogens (tertiary/aromatic N) is 2. The molecule has 0 saturated heterocycles. The lowest BCUT2D eigenvalue weighted by Crippen LogP contribution is -2.21. The number of carbonyl (C=O) groups is 3. The summed E-state index contributed by atoms with van der Waals surface area (Å²) in [6.45, 7) is 0. The SMILES string of the molecule is NN=Cc1cccc(NC(=O)Cc2ccccc2-c2cccc(C=NN)c2)c1.O=C(O)C(F)(F)F.O=C(O)C(F)(F)F. The van der Waals surface area contributed by atoms with Crippen LogP contribution in [0.2, 0.25) is 0 Å². The van der Waals surface area contributed by atoms with Gasteiger partial charge in [-0.05, 0) is 46.0 Å². The number of hydrogen-bond donors (Lipinski definition) is 5. The Morgan fingerprint density at radius 3 is 1.71 bits per heavy atom. The summed E-state index contributed by atoms with van der Waals surface area (Å²) in [4.78, 5) is 30.4. The van der Waals surface area contributed by atoms with Gasteiger partial charge < -0.3 is 27.2 Å². The first-order valence-corrected chi connectivity index (χ1v) is 11.2. The van der Waals surface area contributed by atoms with E-state index in [1.807, 2.05) is 72.8 Å². The zero-order valence-corrected chi connectivity index (χ0v) is 21.2. The van der Waals surface area contributed by atoms with Crippen LogP contribution in [0, 0.1) is 0 Å². The van der Waals surface area contributed by atoms with Crippen molar-refractivity contribution in [1.82, 2.24) is 0 Å². The Hall–Kier alpha value is -5.41. The van der Waals surface area contributed by atoms with Crippen molar-refractivity contribution in [3.8, 4) is 11.1 Å². The number of amides is 1. The van der Waals surface area contributed by atoms with Crippen molar-refractivity contribution in [1.29, 1.82) is 0 Å². The van der Waals surface area contributed by atoms with Gasteiger partial charge in [0.2, 0.25) is 5.91 Å². The third kappa shape index (κ3) is 12.6. The Kier molecular flexibility index (Phi) is 13.2. The molecule has 0 saturated carbocycles. The third-order valence-electron chi connectivity index (χ3n) is 4.67. The first-order chi connectivity index (χ1) is 19.6. The predicted molar refractivity (Wildman–Crippen MR) is 142 cm³/mol. The molecule has 0 aromatic heterocycles. The molecule has 10 nitrogen and oxygen atoms in total. The molecule has 224 valence electrons. The van der Waals surface area contributed by atoms with Gasteiger partial charge in [0.1, 0.15) is 0 Å². The average Bonchev–Trinajstić information content (AvgIpc) is 2.89. The van der Waals surface area contributed by atoms with E-state index in [4.69, 9.17) is 31.5 Å². The van der Waals surface area contributed by atoms with Gasteiger partial charge in [0.15, 0.2) is 0 Å². The molecule has 0 aliphatic heterocycles. The fourth-order valence-corrected chi connectivity index (χ4v) is 2.99. The van der Waals surface area contributed by atoms with Gasteiger partial charge in [0, 0.05) is 5.69 Å². The number of nitrogens with one attached hydrogen (secondary N) is 1. The number of nitrogens with two attached hydrogens (primary N) is 2. The van der Waals surface area contributed by atoms with Crippen LogP contribution in [0.15, 0.2) is 83.0 Å². The van der Waals surface area contributed by atoms with Gasteiger partial charge in [-0.15, -0.1) is 0 Å². The molecule has 1 amide bonds. The highest BCUT2D eigenvalue weighted by Gasteiger charge is 2.38. The van der Waals surface area contributed by atoms with Crippen LogP contribution in [0.3, 0.4) is 0 Å². The van der Waals surface area contributed by atoms with Crippen molar-refractivity contribution in [2.24, 2.45) is 21.9 Å². The molecule has 0 radical (unpaired) electrons. The van der Waals surface area contributed by atoms with E-state index in [0.29, 0.717) is 5.69 Å². The van der Waals surface area contributed by atoms with E-state index in [9.17, 15) is 31.1 Å². The molecule has 0 atom stereocenters. The van der Waals surface area contributed by atoms with E-state index in [0.717, 1.165) is 27.8 Å². The van der Waals surface area contributed by atoms with Gasteiger partial charge in [-0.1, -0.05) is 54.6 Å². The van der Waals surface area contributed by atoms with E-state index in [1.54, 1.807) is 6.21 Å². The number of hydrogen-bond acceptors (Lipinski definition) is 7. The second kappa shape index (κ2) is 16.0. The molecule has 3 aromatic rings. The molecule has 0 bridgehead atoms. The van der Waals surface area contributed by atoms with E-state index < -0.39 is 24.3 Å². The van der Waals surface area contributed by atoms with E-state index >= 15 is 0 Å². The standard InChI is InChI=1S/C22H21N5O.2C2HF3O2/c23-25-14-16-5-3-8-18(11-16)21-10-2-1-7-19(21)13-22(28)27-20-9-4-6-17(12-20)15-26-24;2*3-2(4,5)1(6)7/h1-12,14-15H,13,23-24H2,(H,27,28);2*(H,6,7). The highest BCUT2D eigenvalue weighted by atomic mass is 19.4. The molecule has 7 N–H and O–H groups in total. The smallest absolute Gasteiger partial charge is 0.475 e. The van der Waals surface area contributed by atoms with Gasteiger partial charge in [0.05, 0.1) is 18.9 Å². The zero-order valence-electron chi connectivity index (χ0n) is 21.2. The minimum absolute atomic E-state index is 0.103. The van der Waals surface area contributed by atoms with Gasteiger partial charge in [-0.25, -0.2) is 9.59 Å². The van der Waals surface area contributed by atoms with Gasteiger partial charge in [-0.2, -0.15) is 36.5 Å². The van der Waals surface area contributed by atoms with Crippen LogP contribution in [0.25, 0.3) is 11.1 Å². The molecule has 42 heavy (non-hydrogen) atoms. The van der Waals surface area contributed by atoms with Crippen LogP contribution in [0.1, 0.15) is 16.7 Å². The summed E-state index contributed by atoms with van der Waals surface area (Å²) in [7, 11) is 0. The Bertz CT molecular complexity index is 1400. The minimum atomic E-state index is -5.08. The van der Waals surface area contributed by atoms with E-state index in [1.165, 1.54) is 6.21 Å². The lowest BCUT2D eigenvalue weighted by atomic mass is 9.96. The monoisotopic (exact) mass is 599 g/mol. The summed E-state index contributed by atoms with van der Waals surface area (Å²) < 4.78 is 63.5. The molecular formula is C26H23F6N5O5. The van der Waals surface area contributed by atoms with Gasteiger partial charge >= 0.3 is 24.3 Å². The number of benzene rings is 3. The number of carbonyl (C=O) groups excluding carboxylic acids is 1. The molecule has 0 aliphatic rings. The molecule has 0 heterocycles. The lowest BCUT2D eigenvalue weighted by molar-refractivity contribution is -0.193. The maximum atomic E-state index is 12.6. The van der Waals surface area contributed by atoms with Crippen LogP contribution in [0.4, 0.5) is 32.0 Å². The number of carboxylic acid groups (broad SMARTS) is 2. The summed E-state index contributed by atoms with van der Waals surface area (Å²) in [5.74, 6) is 4.82. The highest BCUT2D eigenvalue weighted by Crippen LogP contribution is 2.25. The Labute approximate surface area is 234 Å².